The van der Waals surface area contributed by atoms with Crippen molar-refractivity contribution in [1.82, 2.24) is 9.62 Å². The van der Waals surface area contributed by atoms with Gasteiger partial charge < -0.3 is 10.6 Å². The molecule has 0 heterocycles. The van der Waals surface area contributed by atoms with E-state index in [1.165, 1.54) is 11.0 Å². The van der Waals surface area contributed by atoms with Crippen molar-refractivity contribution in [3.8, 4) is 11.1 Å². The van der Waals surface area contributed by atoms with Gasteiger partial charge in [-0.05, 0) is 24.1 Å². The maximum absolute atomic E-state index is 12.6. The number of nitrogens with two attached hydrogens (primary N) is 1. The number of benzene rings is 2. The average molecular weight is 480 g/mol. The third-order valence-electron chi connectivity index (χ3n) is 4.60. The Morgan fingerprint density at radius 1 is 1.09 bits per heavy atom. The predicted molar refractivity (Wildman–Crippen MR) is 122 cm³/mol. The fourth-order valence-electron chi connectivity index (χ4n) is 3.17. The first-order valence-electron chi connectivity index (χ1n) is 10.0. The number of unbranched alkanes of at least 4 members (excludes halogenated alkanes) is 1. The summed E-state index contributed by atoms with van der Waals surface area (Å²) in [4.78, 5) is 36.4. The molecule has 10 heteroatoms. The van der Waals surface area contributed by atoms with Crippen molar-refractivity contribution in [2.24, 2.45) is 5.73 Å². The molecule has 3 amide bonds. The Morgan fingerprint density at radius 3 is 2.38 bits per heavy atom. The van der Waals surface area contributed by atoms with Gasteiger partial charge in [0, 0.05) is 36.0 Å². The largest absolute Gasteiger partial charge is 0.368 e. The van der Waals surface area contributed by atoms with E-state index in [4.69, 9.17) is 17.3 Å². The van der Waals surface area contributed by atoms with Crippen molar-refractivity contribution >= 4 is 39.3 Å². The molecular weight excluding hydrogens is 454 g/mol. The van der Waals surface area contributed by atoms with E-state index >= 15 is 0 Å². The van der Waals surface area contributed by atoms with E-state index in [2.05, 4.69) is 0 Å². The number of amides is 3. The van der Waals surface area contributed by atoms with Crippen LogP contribution >= 0.6 is 11.6 Å². The summed E-state index contributed by atoms with van der Waals surface area (Å²) in [5, 5.41) is 0.257. The number of carbonyl (C=O) groups is 3. The summed E-state index contributed by atoms with van der Waals surface area (Å²) in [5.74, 6) is -1.50. The van der Waals surface area contributed by atoms with Crippen molar-refractivity contribution in [3.05, 3.63) is 53.1 Å². The summed E-state index contributed by atoms with van der Waals surface area (Å²) < 4.78 is 27.1. The van der Waals surface area contributed by atoms with Gasteiger partial charge in [-0.3, -0.25) is 14.4 Å². The van der Waals surface area contributed by atoms with Crippen LogP contribution in [0.4, 0.5) is 0 Å². The van der Waals surface area contributed by atoms with Crippen LogP contribution in [0.5, 0.6) is 0 Å². The number of nitrogens with zero attached hydrogens (tertiary/aromatic N) is 1. The van der Waals surface area contributed by atoms with Crippen LogP contribution in [0.15, 0.2) is 47.4 Å². The van der Waals surface area contributed by atoms with Crippen LogP contribution in [0.25, 0.3) is 11.1 Å². The van der Waals surface area contributed by atoms with E-state index in [0.29, 0.717) is 29.5 Å². The number of sulfonamides is 1. The highest BCUT2D eigenvalue weighted by Gasteiger charge is 2.22. The molecule has 172 valence electrons. The highest BCUT2D eigenvalue weighted by atomic mass is 35.5. The third-order valence-corrected chi connectivity index (χ3v) is 6.40. The van der Waals surface area contributed by atoms with Gasteiger partial charge in [0.1, 0.15) is 0 Å². The second kappa shape index (κ2) is 11.1. The van der Waals surface area contributed by atoms with E-state index < -0.39 is 21.8 Å². The number of rotatable bonds is 10. The molecule has 0 unspecified atom stereocenters. The maximum Gasteiger partial charge on any atom is 0.264 e. The topological polar surface area (TPSA) is 127 Å². The molecule has 0 aliphatic rings. The Labute approximate surface area is 192 Å². The van der Waals surface area contributed by atoms with E-state index in [9.17, 15) is 22.8 Å². The Balaban J connectivity index is 2.38. The van der Waals surface area contributed by atoms with E-state index in [-0.39, 0.29) is 28.9 Å². The maximum atomic E-state index is 12.6. The van der Waals surface area contributed by atoms with Crippen LogP contribution in [-0.4, -0.2) is 37.6 Å². The zero-order valence-corrected chi connectivity index (χ0v) is 19.5. The molecule has 0 saturated carbocycles. The van der Waals surface area contributed by atoms with Gasteiger partial charge in [-0.15, -0.1) is 0 Å². The SMILES string of the molecule is CCCCC(=O)N(CC(N)=O)Cc1ccc(-c2ccccc2S(=O)(=O)NC(C)=O)c(Cl)c1. The Kier molecular flexibility index (Phi) is 8.80. The highest BCUT2D eigenvalue weighted by Crippen LogP contribution is 2.33. The number of carbonyl (C=O) groups excluding carboxylic acids is 3. The van der Waals surface area contributed by atoms with Crippen molar-refractivity contribution < 1.29 is 22.8 Å². The molecule has 0 spiro atoms. The molecule has 0 fully saturated rings. The number of halogens is 1. The van der Waals surface area contributed by atoms with Crippen LogP contribution in [0, 0.1) is 0 Å². The molecule has 0 radical (unpaired) electrons. The average Bonchev–Trinajstić information content (AvgIpc) is 2.70. The molecule has 3 N–H and O–H groups in total. The number of hydrogen-bond donors (Lipinski definition) is 2. The van der Waals surface area contributed by atoms with Crippen molar-refractivity contribution in [3.63, 3.8) is 0 Å². The van der Waals surface area contributed by atoms with Gasteiger partial charge in [-0.2, -0.15) is 0 Å². The lowest BCUT2D eigenvalue weighted by atomic mass is 10.0. The Hall–Kier alpha value is -2.91. The number of primary amides is 1. The molecule has 0 aliphatic heterocycles. The first-order valence-corrected chi connectivity index (χ1v) is 11.9. The van der Waals surface area contributed by atoms with Crippen LogP contribution in [-0.2, 0) is 31.0 Å². The fourth-order valence-corrected chi connectivity index (χ4v) is 4.69. The Morgan fingerprint density at radius 2 is 1.78 bits per heavy atom. The van der Waals surface area contributed by atoms with Crippen molar-refractivity contribution in [1.29, 1.82) is 0 Å². The van der Waals surface area contributed by atoms with Crippen molar-refractivity contribution in [2.45, 2.75) is 44.6 Å². The fraction of sp³-hybridized carbons (Fsp3) is 0.318. The summed E-state index contributed by atoms with van der Waals surface area (Å²) >= 11 is 6.47. The molecule has 0 aromatic heterocycles. The van der Waals surface area contributed by atoms with Gasteiger partial charge in [0.25, 0.3) is 10.0 Å². The summed E-state index contributed by atoms with van der Waals surface area (Å²) in [7, 11) is -4.08. The Bertz CT molecular complexity index is 1120. The summed E-state index contributed by atoms with van der Waals surface area (Å²) in [6.45, 7) is 3.01. The molecule has 8 nitrogen and oxygen atoms in total. The van der Waals surface area contributed by atoms with E-state index in [1.54, 1.807) is 36.4 Å². The van der Waals surface area contributed by atoms with Gasteiger partial charge in [0.2, 0.25) is 17.7 Å². The predicted octanol–water partition coefficient (Wildman–Crippen LogP) is 2.84. The molecule has 0 saturated heterocycles. The molecule has 32 heavy (non-hydrogen) atoms. The van der Waals surface area contributed by atoms with Crippen LogP contribution in [0.3, 0.4) is 0 Å². The molecule has 0 aliphatic carbocycles. The minimum Gasteiger partial charge on any atom is -0.368 e. The zero-order chi connectivity index (χ0) is 23.9. The quantitative estimate of drug-likeness (QED) is 0.541. The van der Waals surface area contributed by atoms with Gasteiger partial charge >= 0.3 is 0 Å². The standard InChI is InChI=1S/C22H26ClN3O5S/c1-3-4-9-22(29)26(14-21(24)28)13-16-10-11-17(19(23)12-16)18-7-5-6-8-20(18)32(30,31)25-15(2)27/h5-8,10-12H,3-4,9,13-14H2,1-2H3,(H2,24,28)(H,25,27). The summed E-state index contributed by atoms with van der Waals surface area (Å²) in [5.41, 5.74) is 6.72. The second-order valence-corrected chi connectivity index (χ2v) is 9.35. The third kappa shape index (κ3) is 6.80. The molecular formula is C22H26ClN3O5S. The minimum absolute atomic E-state index is 0.0880. The number of hydrogen-bond acceptors (Lipinski definition) is 5. The molecule has 2 aromatic carbocycles. The number of nitrogens with one attached hydrogen (secondary N) is 1. The van der Waals surface area contributed by atoms with Gasteiger partial charge in [-0.1, -0.05) is 55.3 Å². The van der Waals surface area contributed by atoms with Crippen LogP contribution in [0.2, 0.25) is 5.02 Å². The first kappa shape index (κ1) is 25.4. The molecule has 2 aromatic rings. The summed E-state index contributed by atoms with van der Waals surface area (Å²) in [6.07, 6.45) is 1.86. The van der Waals surface area contributed by atoms with Gasteiger partial charge in [0.05, 0.1) is 11.4 Å². The van der Waals surface area contributed by atoms with E-state index in [0.717, 1.165) is 13.3 Å². The normalized spacial score (nSPS) is 11.1. The summed E-state index contributed by atoms with van der Waals surface area (Å²) in [6, 6.07) is 11.1. The lowest BCUT2D eigenvalue weighted by molar-refractivity contribution is -0.135. The first-order chi connectivity index (χ1) is 15.0. The lowest BCUT2D eigenvalue weighted by Gasteiger charge is -2.22. The molecule has 0 atom stereocenters. The van der Waals surface area contributed by atoms with Crippen molar-refractivity contribution in [2.75, 3.05) is 6.54 Å². The highest BCUT2D eigenvalue weighted by molar-refractivity contribution is 7.90. The van der Waals surface area contributed by atoms with Crippen LogP contribution in [0.1, 0.15) is 38.7 Å². The van der Waals surface area contributed by atoms with E-state index in [1.807, 2.05) is 11.6 Å². The zero-order valence-electron chi connectivity index (χ0n) is 17.9. The smallest absolute Gasteiger partial charge is 0.264 e. The van der Waals surface area contributed by atoms with Gasteiger partial charge in [0.15, 0.2) is 0 Å². The molecule has 2 rings (SSSR count). The lowest BCUT2D eigenvalue weighted by Crippen LogP contribution is -2.37. The van der Waals surface area contributed by atoms with Gasteiger partial charge in [-0.25, -0.2) is 13.1 Å². The minimum atomic E-state index is -4.08. The second-order valence-electron chi connectivity index (χ2n) is 7.29. The monoisotopic (exact) mass is 479 g/mol. The molecule has 0 bridgehead atoms. The van der Waals surface area contributed by atoms with Crippen LogP contribution < -0.4 is 10.5 Å².